The number of rotatable bonds is 8. The van der Waals surface area contributed by atoms with Crippen molar-refractivity contribution < 1.29 is 16.5 Å². The quantitative estimate of drug-likeness (QED) is 0.562. The lowest BCUT2D eigenvalue weighted by atomic mass is 11.8. The molecule has 0 heterocycles. The van der Waals surface area contributed by atoms with Gasteiger partial charge >= 0.3 is 9.05 Å². The van der Waals surface area contributed by atoms with Gasteiger partial charge in [0.25, 0.3) is 0 Å². The molecule has 0 amide bonds. The summed E-state index contributed by atoms with van der Waals surface area (Å²) in [6.07, 6.45) is 0. The standard InChI is InChI=1S/C12H36O4Si5/c1-17(2,3)13-21(14-18(4,5)6,15-19(7,8)9)16-20(10,11)12/h1-12H3. The van der Waals surface area contributed by atoms with Crippen LogP contribution in [0.25, 0.3) is 0 Å². The molecule has 4 nitrogen and oxygen atoms in total. The molecular formula is C12H36O4Si5. The Balaban J connectivity index is 5.70. The predicted octanol–water partition coefficient (Wildman–Crippen LogP) is 4.83. The Hall–Kier alpha value is 0.924. The van der Waals surface area contributed by atoms with Crippen molar-refractivity contribution in [1.82, 2.24) is 0 Å². The second-order valence-electron chi connectivity index (χ2n) is 9.36. The molecule has 0 fully saturated rings. The third-order valence-corrected chi connectivity index (χ3v) is 15.5. The highest BCUT2D eigenvalue weighted by molar-refractivity contribution is 6.91. The summed E-state index contributed by atoms with van der Waals surface area (Å²) in [6.45, 7) is 26.0. The maximum Gasteiger partial charge on any atom is 0.636 e. The average Bonchev–Trinajstić information content (AvgIpc) is 1.83. The molecular weight excluding hydrogens is 349 g/mol. The number of hydrogen-bond acceptors (Lipinski definition) is 4. The molecule has 0 saturated carbocycles. The SMILES string of the molecule is C[Si](C)(C)O[Si](O[Si](C)(C)C)(O[Si](C)(C)C)O[Si](C)(C)C. The molecule has 0 unspecified atom stereocenters. The van der Waals surface area contributed by atoms with Crippen molar-refractivity contribution in [2.75, 3.05) is 0 Å². The van der Waals surface area contributed by atoms with E-state index in [0.29, 0.717) is 0 Å². The van der Waals surface area contributed by atoms with Crippen molar-refractivity contribution in [3.8, 4) is 0 Å². The Morgan fingerprint density at radius 1 is 0.333 bits per heavy atom. The van der Waals surface area contributed by atoms with Crippen LogP contribution in [-0.2, 0) is 16.5 Å². The van der Waals surface area contributed by atoms with Crippen LogP contribution >= 0.6 is 0 Å². The zero-order valence-corrected chi connectivity index (χ0v) is 21.1. The molecule has 0 aromatic heterocycles. The highest BCUT2D eigenvalue weighted by Gasteiger charge is 2.55. The van der Waals surface area contributed by atoms with Gasteiger partial charge in [-0.1, -0.05) is 0 Å². The minimum atomic E-state index is -3.09. The zero-order chi connectivity index (χ0) is 17.3. The average molecular weight is 385 g/mol. The Morgan fingerprint density at radius 3 is 0.571 bits per heavy atom. The largest absolute Gasteiger partial charge is 0.636 e. The van der Waals surface area contributed by atoms with E-state index in [-0.39, 0.29) is 0 Å². The fourth-order valence-electron chi connectivity index (χ4n) is 1.63. The summed E-state index contributed by atoms with van der Waals surface area (Å²) in [7, 11) is -10.4. The van der Waals surface area contributed by atoms with Gasteiger partial charge in [0.1, 0.15) is 0 Å². The van der Waals surface area contributed by atoms with Crippen molar-refractivity contribution in [1.29, 1.82) is 0 Å². The Labute approximate surface area is 137 Å². The maximum atomic E-state index is 6.47. The molecule has 0 bridgehead atoms. The Bertz CT molecular complexity index is 266. The second-order valence-corrected chi connectivity index (χ2v) is 30.5. The van der Waals surface area contributed by atoms with Crippen LogP contribution < -0.4 is 0 Å². The molecule has 0 N–H and O–H groups in total. The highest BCUT2D eigenvalue weighted by Crippen LogP contribution is 2.29. The van der Waals surface area contributed by atoms with E-state index in [1.807, 2.05) is 0 Å². The first-order chi connectivity index (χ1) is 8.83. The smallest absolute Gasteiger partial charge is 0.396 e. The molecule has 0 saturated heterocycles. The van der Waals surface area contributed by atoms with Crippen LogP contribution in [0.5, 0.6) is 0 Å². The summed E-state index contributed by atoms with van der Waals surface area (Å²) in [5.74, 6) is 0. The summed E-state index contributed by atoms with van der Waals surface area (Å²) in [5, 5.41) is 0. The van der Waals surface area contributed by atoms with Gasteiger partial charge in [-0.2, -0.15) is 0 Å². The Morgan fingerprint density at radius 2 is 0.476 bits per heavy atom. The summed E-state index contributed by atoms with van der Waals surface area (Å²) in [5.41, 5.74) is 0. The molecule has 0 aliphatic rings. The summed E-state index contributed by atoms with van der Waals surface area (Å²) >= 11 is 0. The van der Waals surface area contributed by atoms with Gasteiger partial charge in [-0.15, -0.1) is 0 Å². The zero-order valence-electron chi connectivity index (χ0n) is 16.1. The van der Waals surface area contributed by atoms with Crippen molar-refractivity contribution in [2.24, 2.45) is 0 Å². The van der Waals surface area contributed by atoms with Crippen molar-refractivity contribution in [2.45, 2.75) is 78.6 Å². The van der Waals surface area contributed by atoms with Crippen molar-refractivity contribution in [3.63, 3.8) is 0 Å². The fourth-order valence-corrected chi connectivity index (χ4v) is 16.9. The monoisotopic (exact) mass is 384 g/mol. The number of hydrogen-bond donors (Lipinski definition) is 0. The van der Waals surface area contributed by atoms with Crippen LogP contribution in [-0.4, -0.2) is 42.3 Å². The van der Waals surface area contributed by atoms with Gasteiger partial charge in [-0.3, -0.25) is 0 Å². The van der Waals surface area contributed by atoms with E-state index in [1.54, 1.807) is 0 Å². The van der Waals surface area contributed by atoms with Crippen LogP contribution in [0.1, 0.15) is 0 Å². The van der Waals surface area contributed by atoms with Crippen LogP contribution in [0.4, 0.5) is 0 Å². The minimum Gasteiger partial charge on any atom is -0.396 e. The van der Waals surface area contributed by atoms with Gasteiger partial charge in [0, 0.05) is 0 Å². The van der Waals surface area contributed by atoms with Gasteiger partial charge in [0.2, 0.25) is 0 Å². The van der Waals surface area contributed by atoms with Gasteiger partial charge in [0.05, 0.1) is 0 Å². The topological polar surface area (TPSA) is 36.9 Å². The Kier molecular flexibility index (Phi) is 7.11. The van der Waals surface area contributed by atoms with E-state index in [4.69, 9.17) is 16.5 Å². The van der Waals surface area contributed by atoms with Gasteiger partial charge < -0.3 is 16.5 Å². The molecule has 0 spiro atoms. The van der Waals surface area contributed by atoms with E-state index >= 15 is 0 Å². The van der Waals surface area contributed by atoms with Crippen molar-refractivity contribution >= 4 is 42.3 Å². The fraction of sp³-hybridized carbons (Fsp3) is 1.00. The molecule has 0 aromatic rings. The van der Waals surface area contributed by atoms with Crippen LogP contribution in [0.2, 0.25) is 78.6 Å². The molecule has 0 atom stereocenters. The molecule has 0 radical (unpaired) electrons. The van der Waals surface area contributed by atoms with Gasteiger partial charge in [0.15, 0.2) is 33.3 Å². The molecule has 0 rings (SSSR count). The molecule has 0 aromatic carbocycles. The van der Waals surface area contributed by atoms with Crippen LogP contribution in [0.3, 0.4) is 0 Å². The predicted molar refractivity (Wildman–Crippen MR) is 103 cm³/mol. The summed E-state index contributed by atoms with van der Waals surface area (Å²) in [6, 6.07) is 0. The van der Waals surface area contributed by atoms with Gasteiger partial charge in [-0.25, -0.2) is 0 Å². The highest BCUT2D eigenvalue weighted by atomic mass is 28.5. The van der Waals surface area contributed by atoms with E-state index < -0.39 is 42.3 Å². The first kappa shape index (κ1) is 21.9. The molecule has 128 valence electrons. The summed E-state index contributed by atoms with van der Waals surface area (Å²) in [4.78, 5) is 0. The lowest BCUT2D eigenvalue weighted by Gasteiger charge is -2.43. The second kappa shape index (κ2) is 6.81. The van der Waals surface area contributed by atoms with E-state index in [9.17, 15) is 0 Å². The first-order valence-corrected chi connectivity index (χ1v) is 22.9. The molecule has 9 heteroatoms. The summed E-state index contributed by atoms with van der Waals surface area (Å²) < 4.78 is 25.9. The van der Waals surface area contributed by atoms with Crippen molar-refractivity contribution in [3.05, 3.63) is 0 Å². The molecule has 0 aliphatic heterocycles. The minimum absolute atomic E-state index is 1.84. The van der Waals surface area contributed by atoms with Gasteiger partial charge in [-0.05, 0) is 78.6 Å². The lowest BCUT2D eigenvalue weighted by molar-refractivity contribution is 0.149. The van der Waals surface area contributed by atoms with Crippen LogP contribution in [0.15, 0.2) is 0 Å². The van der Waals surface area contributed by atoms with E-state index in [2.05, 4.69) is 78.6 Å². The van der Waals surface area contributed by atoms with E-state index in [1.165, 1.54) is 0 Å². The van der Waals surface area contributed by atoms with E-state index in [0.717, 1.165) is 0 Å². The normalized spacial score (nSPS) is 15.4. The molecule has 21 heavy (non-hydrogen) atoms. The van der Waals surface area contributed by atoms with Crippen LogP contribution in [0, 0.1) is 0 Å². The maximum absolute atomic E-state index is 6.47. The third-order valence-electron chi connectivity index (χ3n) is 1.72. The lowest BCUT2D eigenvalue weighted by Crippen LogP contribution is -2.65. The third kappa shape index (κ3) is 12.1. The molecule has 0 aliphatic carbocycles. The first-order valence-electron chi connectivity index (χ1n) is 7.63.